The number of amides is 3. The molecule has 0 heterocycles. The first kappa shape index (κ1) is 12.1. The number of carbonyl (C=O) groups is 4. The summed E-state index contributed by atoms with van der Waals surface area (Å²) >= 11 is 0. The molecule has 0 atom stereocenters. The molecule has 0 rings (SSSR count). The predicted octanol–water partition coefficient (Wildman–Crippen LogP) is -1.17. The van der Waals surface area contributed by atoms with E-state index < -0.39 is 18.5 Å². The Kier molecular flexibility index (Phi) is 4.90. The van der Waals surface area contributed by atoms with Crippen molar-refractivity contribution in [1.29, 1.82) is 0 Å². The molecule has 0 bridgehead atoms. The van der Waals surface area contributed by atoms with Crippen LogP contribution >= 0.6 is 0 Å². The maximum absolute atomic E-state index is 11.0. The van der Waals surface area contributed by atoms with Gasteiger partial charge in [-0.1, -0.05) is 0 Å². The number of Topliss-reactive ketones (excluding diaryl/α,β-unsaturated/α-hetero) is 1. The Bertz CT molecular complexity index is 247. The van der Waals surface area contributed by atoms with Gasteiger partial charge in [-0.25, -0.2) is 4.79 Å². The van der Waals surface area contributed by atoms with Gasteiger partial charge < -0.3 is 10.0 Å². The van der Waals surface area contributed by atoms with Crippen LogP contribution in [0.2, 0.25) is 0 Å². The van der Waals surface area contributed by atoms with Gasteiger partial charge in [0.2, 0.25) is 6.41 Å². The van der Waals surface area contributed by atoms with Crippen molar-refractivity contribution in [2.75, 3.05) is 13.1 Å². The lowest BCUT2D eigenvalue weighted by atomic mass is 10.4. The molecule has 0 aliphatic rings. The number of ketones is 1. The Morgan fingerprint density at radius 1 is 1.36 bits per heavy atom. The summed E-state index contributed by atoms with van der Waals surface area (Å²) in [6.45, 7) is 0.244. The van der Waals surface area contributed by atoms with Crippen molar-refractivity contribution < 1.29 is 24.3 Å². The van der Waals surface area contributed by atoms with Crippen LogP contribution in [0.3, 0.4) is 0 Å². The topological polar surface area (TPSA) is 104 Å². The number of hydrogen-bond donors (Lipinski definition) is 2. The molecule has 0 saturated heterocycles. The van der Waals surface area contributed by atoms with Gasteiger partial charge >= 0.3 is 12.0 Å². The number of carboxylic acids is 1. The highest BCUT2D eigenvalue weighted by Crippen LogP contribution is 1.89. The van der Waals surface area contributed by atoms with Crippen molar-refractivity contribution in [2.45, 2.75) is 6.92 Å². The maximum atomic E-state index is 11.0. The van der Waals surface area contributed by atoms with Gasteiger partial charge in [0.05, 0.1) is 6.54 Å². The molecule has 0 spiro atoms. The third-order valence-electron chi connectivity index (χ3n) is 1.21. The van der Waals surface area contributed by atoms with Crippen molar-refractivity contribution >= 4 is 24.2 Å². The van der Waals surface area contributed by atoms with Crippen LogP contribution in [-0.2, 0) is 14.4 Å². The molecule has 14 heavy (non-hydrogen) atoms. The summed E-state index contributed by atoms with van der Waals surface area (Å²) in [5.74, 6) is -1.63. The molecule has 0 fully saturated rings. The summed E-state index contributed by atoms with van der Waals surface area (Å²) in [7, 11) is 0. The van der Waals surface area contributed by atoms with Crippen LogP contribution in [0.15, 0.2) is 0 Å². The SMILES string of the molecule is CC(=O)CN(CC(=O)O)C(=O)NC=O. The zero-order valence-corrected chi connectivity index (χ0v) is 7.52. The molecule has 0 unspecified atom stereocenters. The smallest absolute Gasteiger partial charge is 0.324 e. The van der Waals surface area contributed by atoms with E-state index in [1.807, 2.05) is 0 Å². The molecule has 7 nitrogen and oxygen atoms in total. The van der Waals surface area contributed by atoms with E-state index in [-0.39, 0.29) is 18.7 Å². The first-order chi connectivity index (χ1) is 6.47. The molecule has 0 aromatic rings. The molecule has 0 aromatic heterocycles. The molecule has 0 aromatic carbocycles. The third-order valence-corrected chi connectivity index (χ3v) is 1.21. The van der Waals surface area contributed by atoms with E-state index in [1.165, 1.54) is 6.92 Å². The average molecular weight is 202 g/mol. The van der Waals surface area contributed by atoms with Crippen LogP contribution in [0.4, 0.5) is 4.79 Å². The van der Waals surface area contributed by atoms with E-state index in [1.54, 1.807) is 5.32 Å². The van der Waals surface area contributed by atoms with Crippen molar-refractivity contribution in [3.8, 4) is 0 Å². The molecule has 7 heteroatoms. The Labute approximate surface area is 79.7 Å². The van der Waals surface area contributed by atoms with Gasteiger partial charge in [0.15, 0.2) is 0 Å². The number of aliphatic carboxylic acids is 1. The molecule has 0 aliphatic carbocycles. The van der Waals surface area contributed by atoms with E-state index in [4.69, 9.17) is 5.11 Å². The van der Waals surface area contributed by atoms with Gasteiger partial charge in [-0.05, 0) is 6.92 Å². The zero-order chi connectivity index (χ0) is 11.1. The second kappa shape index (κ2) is 5.68. The Balaban J connectivity index is 4.36. The molecular formula is C7H10N2O5. The largest absolute Gasteiger partial charge is 0.480 e. The lowest BCUT2D eigenvalue weighted by Crippen LogP contribution is -2.44. The minimum atomic E-state index is -1.26. The van der Waals surface area contributed by atoms with Crippen molar-refractivity contribution in [1.82, 2.24) is 10.2 Å². The van der Waals surface area contributed by atoms with Crippen molar-refractivity contribution in [3.63, 3.8) is 0 Å². The summed E-state index contributed by atoms with van der Waals surface area (Å²) in [4.78, 5) is 42.5. The monoisotopic (exact) mass is 202 g/mol. The lowest BCUT2D eigenvalue weighted by Gasteiger charge is -2.17. The van der Waals surface area contributed by atoms with E-state index in [9.17, 15) is 19.2 Å². The highest BCUT2D eigenvalue weighted by molar-refractivity contribution is 5.90. The number of rotatable bonds is 5. The van der Waals surface area contributed by atoms with Crippen molar-refractivity contribution in [3.05, 3.63) is 0 Å². The van der Waals surface area contributed by atoms with Gasteiger partial charge in [-0.3, -0.25) is 19.7 Å². The van der Waals surface area contributed by atoms with Gasteiger partial charge in [0, 0.05) is 0 Å². The molecule has 0 saturated carbocycles. The van der Waals surface area contributed by atoms with Crippen molar-refractivity contribution in [2.24, 2.45) is 0 Å². The van der Waals surface area contributed by atoms with Crippen LogP contribution in [0.5, 0.6) is 0 Å². The van der Waals surface area contributed by atoms with Crippen LogP contribution in [0, 0.1) is 0 Å². The summed E-state index contributed by atoms with van der Waals surface area (Å²) < 4.78 is 0. The fraction of sp³-hybridized carbons (Fsp3) is 0.429. The molecule has 2 N–H and O–H groups in total. The van der Waals surface area contributed by atoms with E-state index >= 15 is 0 Å². The van der Waals surface area contributed by atoms with Gasteiger partial charge in [0.1, 0.15) is 12.3 Å². The van der Waals surface area contributed by atoms with Crippen LogP contribution < -0.4 is 5.32 Å². The van der Waals surface area contributed by atoms with Gasteiger partial charge in [-0.2, -0.15) is 0 Å². The Morgan fingerprint density at radius 2 is 1.93 bits per heavy atom. The minimum absolute atomic E-state index is 0.122. The van der Waals surface area contributed by atoms with Gasteiger partial charge in [0.25, 0.3) is 0 Å². The zero-order valence-electron chi connectivity index (χ0n) is 7.52. The van der Waals surface area contributed by atoms with E-state index in [0.717, 1.165) is 4.90 Å². The number of urea groups is 1. The summed E-state index contributed by atoms with van der Waals surface area (Å²) in [6.07, 6.45) is 0.122. The fourth-order valence-electron chi connectivity index (χ4n) is 0.773. The Hall–Kier alpha value is -1.92. The minimum Gasteiger partial charge on any atom is -0.480 e. The van der Waals surface area contributed by atoms with Crippen LogP contribution in [-0.4, -0.2) is 47.3 Å². The molecule has 3 amide bonds. The molecule has 78 valence electrons. The Morgan fingerprint density at radius 3 is 2.29 bits per heavy atom. The average Bonchev–Trinajstić information content (AvgIpc) is 2.01. The highest BCUT2D eigenvalue weighted by atomic mass is 16.4. The normalized spacial score (nSPS) is 8.93. The number of carbonyl (C=O) groups excluding carboxylic acids is 3. The number of imide groups is 1. The quantitative estimate of drug-likeness (QED) is 0.546. The standard InChI is InChI=1S/C7H10N2O5/c1-5(11)2-9(3-6(12)13)7(14)8-4-10/h4H,2-3H2,1H3,(H,12,13)(H,8,10,14). The maximum Gasteiger partial charge on any atom is 0.324 e. The summed E-state index contributed by atoms with van der Waals surface area (Å²) in [5.41, 5.74) is 0. The molecule has 0 radical (unpaired) electrons. The third kappa shape index (κ3) is 4.86. The first-order valence-electron chi connectivity index (χ1n) is 3.67. The number of nitrogens with zero attached hydrogens (tertiary/aromatic N) is 1. The second-order valence-electron chi connectivity index (χ2n) is 2.52. The van der Waals surface area contributed by atoms with E-state index in [0.29, 0.717) is 0 Å². The van der Waals surface area contributed by atoms with E-state index in [2.05, 4.69) is 0 Å². The summed E-state index contributed by atoms with van der Waals surface area (Å²) in [6, 6.07) is -0.905. The van der Waals surface area contributed by atoms with Gasteiger partial charge in [-0.15, -0.1) is 0 Å². The lowest BCUT2D eigenvalue weighted by molar-refractivity contribution is -0.138. The summed E-state index contributed by atoms with van der Waals surface area (Å²) in [5, 5.41) is 10.1. The predicted molar refractivity (Wildman–Crippen MR) is 44.5 cm³/mol. The molecular weight excluding hydrogens is 192 g/mol. The number of carboxylic acid groups (broad SMARTS) is 1. The highest BCUT2D eigenvalue weighted by Gasteiger charge is 2.17. The van der Waals surface area contributed by atoms with Crippen LogP contribution in [0.1, 0.15) is 6.92 Å². The first-order valence-corrected chi connectivity index (χ1v) is 3.67. The molecule has 0 aliphatic heterocycles. The number of nitrogens with one attached hydrogen (secondary N) is 1. The van der Waals surface area contributed by atoms with Crippen LogP contribution in [0.25, 0.3) is 0 Å². The number of hydrogen-bond acceptors (Lipinski definition) is 4. The second-order valence-corrected chi connectivity index (χ2v) is 2.52. The fourth-order valence-corrected chi connectivity index (χ4v) is 0.773.